The molecule has 4 rings (SSSR count). The lowest BCUT2D eigenvalue weighted by atomic mass is 10.0. The van der Waals surface area contributed by atoms with Crippen molar-refractivity contribution in [2.75, 3.05) is 50.0 Å². The van der Waals surface area contributed by atoms with Crippen LogP contribution in [0.3, 0.4) is 0 Å². The van der Waals surface area contributed by atoms with Crippen molar-refractivity contribution in [1.29, 1.82) is 0 Å². The highest BCUT2D eigenvalue weighted by atomic mass is 35.5. The fourth-order valence-electron chi connectivity index (χ4n) is 4.07. The Balaban J connectivity index is 1.61. The van der Waals surface area contributed by atoms with E-state index in [2.05, 4.69) is 34.3 Å². The Kier molecular flexibility index (Phi) is 6.53. The molecule has 2 aliphatic rings. The van der Waals surface area contributed by atoms with Crippen LogP contribution in [0.2, 0.25) is 5.02 Å². The second-order valence-corrected chi connectivity index (χ2v) is 9.27. The first kappa shape index (κ1) is 22.4. The zero-order valence-corrected chi connectivity index (χ0v) is 19.5. The number of nitrogens with one attached hydrogen (secondary N) is 1. The van der Waals surface area contributed by atoms with Gasteiger partial charge in [-0.25, -0.2) is 0 Å². The molecule has 1 N–H and O–H groups in total. The Labute approximate surface area is 194 Å². The summed E-state index contributed by atoms with van der Waals surface area (Å²) in [5, 5.41) is 3.82. The number of benzene rings is 2. The standard InChI is InChI=1S/C25H29ClN4O2/c1-17(2)16-30-24(31)22(18-4-6-19(26)7-5-18)23(25(30)32)27-20-8-10-21(11-9-20)29-14-12-28(3)13-15-29/h4-11,17,27H,12-16H2,1-3H3. The Morgan fingerprint density at radius 1 is 0.906 bits per heavy atom. The van der Waals surface area contributed by atoms with E-state index in [0.717, 1.165) is 37.6 Å². The summed E-state index contributed by atoms with van der Waals surface area (Å²) < 4.78 is 0. The molecule has 2 aromatic carbocycles. The van der Waals surface area contributed by atoms with Gasteiger partial charge in [0.1, 0.15) is 5.70 Å². The third kappa shape index (κ3) is 4.66. The number of hydrogen-bond donors (Lipinski definition) is 1. The number of likely N-dealkylation sites (N-methyl/N-ethyl adjacent to an activating group) is 1. The van der Waals surface area contributed by atoms with E-state index in [1.807, 2.05) is 26.0 Å². The topological polar surface area (TPSA) is 55.9 Å². The summed E-state index contributed by atoms with van der Waals surface area (Å²) in [5.41, 5.74) is 3.30. The molecule has 2 amide bonds. The van der Waals surface area contributed by atoms with Crippen molar-refractivity contribution < 1.29 is 9.59 Å². The van der Waals surface area contributed by atoms with E-state index < -0.39 is 0 Å². The average molecular weight is 453 g/mol. The molecular weight excluding hydrogens is 424 g/mol. The van der Waals surface area contributed by atoms with E-state index >= 15 is 0 Å². The molecule has 2 aromatic rings. The Hall–Kier alpha value is -2.83. The highest BCUT2D eigenvalue weighted by Crippen LogP contribution is 2.32. The molecule has 0 radical (unpaired) electrons. The molecule has 2 heterocycles. The molecule has 32 heavy (non-hydrogen) atoms. The maximum absolute atomic E-state index is 13.2. The van der Waals surface area contributed by atoms with Crippen LogP contribution in [0, 0.1) is 5.92 Å². The van der Waals surface area contributed by atoms with Crippen LogP contribution in [-0.2, 0) is 9.59 Å². The van der Waals surface area contributed by atoms with E-state index in [0.29, 0.717) is 28.4 Å². The fourth-order valence-corrected chi connectivity index (χ4v) is 4.20. The maximum Gasteiger partial charge on any atom is 0.278 e. The summed E-state index contributed by atoms with van der Waals surface area (Å²) in [7, 11) is 2.14. The third-order valence-electron chi connectivity index (χ3n) is 5.85. The number of piperazine rings is 1. The molecule has 0 atom stereocenters. The number of rotatable bonds is 6. The van der Waals surface area contributed by atoms with Gasteiger partial charge in [0.05, 0.1) is 5.57 Å². The molecule has 168 valence electrons. The number of imide groups is 1. The van der Waals surface area contributed by atoms with Gasteiger partial charge in [-0.15, -0.1) is 0 Å². The lowest BCUT2D eigenvalue weighted by Crippen LogP contribution is -2.44. The number of nitrogens with zero attached hydrogens (tertiary/aromatic N) is 3. The number of hydrogen-bond acceptors (Lipinski definition) is 5. The van der Waals surface area contributed by atoms with Gasteiger partial charge in [-0.1, -0.05) is 37.6 Å². The molecule has 0 spiro atoms. The van der Waals surface area contributed by atoms with Crippen molar-refractivity contribution in [3.63, 3.8) is 0 Å². The van der Waals surface area contributed by atoms with E-state index in [-0.39, 0.29) is 17.7 Å². The lowest BCUT2D eigenvalue weighted by Gasteiger charge is -2.34. The zero-order chi connectivity index (χ0) is 22.8. The fraction of sp³-hybridized carbons (Fsp3) is 0.360. The first-order valence-electron chi connectivity index (χ1n) is 11.0. The zero-order valence-electron chi connectivity index (χ0n) is 18.8. The maximum atomic E-state index is 13.2. The van der Waals surface area contributed by atoms with Crippen LogP contribution in [0.1, 0.15) is 19.4 Å². The van der Waals surface area contributed by atoms with Gasteiger partial charge in [0.2, 0.25) is 0 Å². The van der Waals surface area contributed by atoms with Gasteiger partial charge in [0.25, 0.3) is 11.8 Å². The average Bonchev–Trinajstić information content (AvgIpc) is 2.99. The van der Waals surface area contributed by atoms with Gasteiger partial charge < -0.3 is 15.1 Å². The van der Waals surface area contributed by atoms with Gasteiger partial charge in [0, 0.05) is 49.1 Å². The molecule has 0 saturated carbocycles. The van der Waals surface area contributed by atoms with Crippen molar-refractivity contribution in [3.8, 4) is 0 Å². The van der Waals surface area contributed by atoms with Crippen molar-refractivity contribution in [1.82, 2.24) is 9.80 Å². The number of amides is 2. The van der Waals surface area contributed by atoms with Gasteiger partial charge in [0.15, 0.2) is 0 Å². The minimum absolute atomic E-state index is 0.177. The van der Waals surface area contributed by atoms with Crippen LogP contribution in [0.25, 0.3) is 5.57 Å². The number of carbonyl (C=O) groups is 2. The normalized spacial score (nSPS) is 17.7. The van der Waals surface area contributed by atoms with Crippen LogP contribution < -0.4 is 10.2 Å². The largest absolute Gasteiger partial charge is 0.369 e. The van der Waals surface area contributed by atoms with Crippen molar-refractivity contribution >= 4 is 40.4 Å². The monoisotopic (exact) mass is 452 g/mol. The van der Waals surface area contributed by atoms with E-state index in [1.165, 1.54) is 4.90 Å². The van der Waals surface area contributed by atoms with Crippen LogP contribution >= 0.6 is 11.6 Å². The van der Waals surface area contributed by atoms with Crippen LogP contribution in [-0.4, -0.2) is 61.4 Å². The second-order valence-electron chi connectivity index (χ2n) is 8.83. The molecule has 1 saturated heterocycles. The Morgan fingerprint density at radius 3 is 2.12 bits per heavy atom. The predicted molar refractivity (Wildman–Crippen MR) is 130 cm³/mol. The molecule has 0 bridgehead atoms. The number of halogens is 1. The summed E-state index contributed by atoms with van der Waals surface area (Å²) in [6.45, 7) is 8.43. The third-order valence-corrected chi connectivity index (χ3v) is 6.11. The minimum Gasteiger partial charge on any atom is -0.369 e. The minimum atomic E-state index is -0.295. The molecule has 7 heteroatoms. The summed E-state index contributed by atoms with van der Waals surface area (Å²) in [5.74, 6) is -0.393. The Morgan fingerprint density at radius 2 is 1.53 bits per heavy atom. The SMILES string of the molecule is CC(C)CN1C(=O)C(Nc2ccc(N3CCN(C)CC3)cc2)=C(c2ccc(Cl)cc2)C1=O. The van der Waals surface area contributed by atoms with Crippen molar-refractivity contribution in [2.24, 2.45) is 5.92 Å². The summed E-state index contributed by atoms with van der Waals surface area (Å²) >= 11 is 6.03. The molecule has 0 aromatic heterocycles. The molecule has 6 nitrogen and oxygen atoms in total. The second kappa shape index (κ2) is 9.35. The van der Waals surface area contributed by atoms with E-state index in [1.54, 1.807) is 24.3 Å². The molecule has 0 aliphatic carbocycles. The molecule has 1 fully saturated rings. The first-order chi connectivity index (χ1) is 15.3. The molecular formula is C25H29ClN4O2. The van der Waals surface area contributed by atoms with Crippen LogP contribution in [0.5, 0.6) is 0 Å². The van der Waals surface area contributed by atoms with Crippen molar-refractivity contribution in [3.05, 3.63) is 64.8 Å². The molecule has 0 unspecified atom stereocenters. The Bertz CT molecular complexity index is 1020. The van der Waals surface area contributed by atoms with Crippen LogP contribution in [0.15, 0.2) is 54.2 Å². The highest BCUT2D eigenvalue weighted by molar-refractivity contribution is 6.36. The summed E-state index contributed by atoms with van der Waals surface area (Å²) in [4.78, 5) is 32.4. The van der Waals surface area contributed by atoms with Gasteiger partial charge >= 0.3 is 0 Å². The predicted octanol–water partition coefficient (Wildman–Crippen LogP) is 3.94. The number of carbonyl (C=O) groups excluding carboxylic acids is 2. The van der Waals surface area contributed by atoms with Crippen LogP contribution in [0.4, 0.5) is 11.4 Å². The van der Waals surface area contributed by atoms with Gasteiger partial charge in [-0.05, 0) is 54.9 Å². The quantitative estimate of drug-likeness (QED) is 0.673. The van der Waals surface area contributed by atoms with E-state index in [9.17, 15) is 9.59 Å². The van der Waals surface area contributed by atoms with E-state index in [4.69, 9.17) is 11.6 Å². The highest BCUT2D eigenvalue weighted by Gasteiger charge is 2.39. The van der Waals surface area contributed by atoms with Gasteiger partial charge in [-0.2, -0.15) is 0 Å². The summed E-state index contributed by atoms with van der Waals surface area (Å²) in [6, 6.07) is 15.1. The molecule has 2 aliphatic heterocycles. The van der Waals surface area contributed by atoms with Gasteiger partial charge in [-0.3, -0.25) is 14.5 Å². The van der Waals surface area contributed by atoms with Crippen molar-refractivity contribution in [2.45, 2.75) is 13.8 Å². The smallest absolute Gasteiger partial charge is 0.278 e. The lowest BCUT2D eigenvalue weighted by molar-refractivity contribution is -0.137. The summed E-state index contributed by atoms with van der Waals surface area (Å²) in [6.07, 6.45) is 0. The number of anilines is 2. The first-order valence-corrected chi connectivity index (χ1v) is 11.4.